The lowest BCUT2D eigenvalue weighted by Crippen LogP contribution is -2.27. The molecule has 1 aromatic rings. The fourth-order valence-corrected chi connectivity index (χ4v) is 2.08. The normalized spacial score (nSPS) is 10.9. The van der Waals surface area contributed by atoms with Gasteiger partial charge >= 0.3 is 0 Å². The maximum absolute atomic E-state index is 5.82. The molecule has 0 saturated carbocycles. The second-order valence-electron chi connectivity index (χ2n) is 4.01. The summed E-state index contributed by atoms with van der Waals surface area (Å²) in [7, 11) is 0. The van der Waals surface area contributed by atoms with E-state index in [0.717, 1.165) is 41.1 Å². The van der Waals surface area contributed by atoms with E-state index in [-0.39, 0.29) is 0 Å². The van der Waals surface area contributed by atoms with E-state index in [9.17, 15) is 0 Å². The van der Waals surface area contributed by atoms with Crippen LogP contribution < -0.4 is 10.5 Å². The van der Waals surface area contributed by atoms with Crippen molar-refractivity contribution >= 4 is 21.6 Å². The molecular formula is C13H21BrN2O. The van der Waals surface area contributed by atoms with Gasteiger partial charge in [-0.2, -0.15) is 0 Å². The molecule has 0 bridgehead atoms. The Morgan fingerprint density at radius 1 is 1.29 bits per heavy atom. The molecule has 0 spiro atoms. The van der Waals surface area contributed by atoms with Gasteiger partial charge in [0.2, 0.25) is 0 Å². The molecule has 0 saturated heterocycles. The highest BCUT2D eigenvalue weighted by Gasteiger charge is 2.05. The molecule has 0 unspecified atom stereocenters. The van der Waals surface area contributed by atoms with Gasteiger partial charge < -0.3 is 15.4 Å². The van der Waals surface area contributed by atoms with Crippen molar-refractivity contribution in [1.29, 1.82) is 0 Å². The molecule has 17 heavy (non-hydrogen) atoms. The van der Waals surface area contributed by atoms with Crippen molar-refractivity contribution < 1.29 is 4.74 Å². The molecule has 0 aliphatic heterocycles. The molecule has 0 heterocycles. The Kier molecular flexibility index (Phi) is 5.78. The van der Waals surface area contributed by atoms with Crippen LogP contribution in [0, 0.1) is 6.92 Å². The first kappa shape index (κ1) is 14.3. The number of halogens is 1. The summed E-state index contributed by atoms with van der Waals surface area (Å²) >= 11 is 3.46. The van der Waals surface area contributed by atoms with E-state index in [1.807, 2.05) is 19.1 Å². The van der Waals surface area contributed by atoms with E-state index in [0.29, 0.717) is 6.61 Å². The number of nitrogens with two attached hydrogens (primary N) is 1. The summed E-state index contributed by atoms with van der Waals surface area (Å²) in [5.41, 5.74) is 7.65. The van der Waals surface area contributed by atoms with E-state index in [2.05, 4.69) is 34.7 Å². The first-order valence-corrected chi connectivity index (χ1v) is 6.78. The second-order valence-corrected chi connectivity index (χ2v) is 4.87. The Bertz CT molecular complexity index is 365. The van der Waals surface area contributed by atoms with Crippen LogP contribution in [0.25, 0.3) is 0 Å². The van der Waals surface area contributed by atoms with Crippen LogP contribution in [-0.4, -0.2) is 31.1 Å². The van der Waals surface area contributed by atoms with Crippen LogP contribution in [0.2, 0.25) is 0 Å². The van der Waals surface area contributed by atoms with Crippen LogP contribution in [0.5, 0.6) is 5.75 Å². The number of anilines is 1. The molecule has 4 heteroatoms. The average molecular weight is 301 g/mol. The number of hydrogen-bond donors (Lipinski definition) is 1. The molecule has 0 aliphatic rings. The molecule has 96 valence electrons. The number of nitrogens with zero attached hydrogens (tertiary/aromatic N) is 1. The topological polar surface area (TPSA) is 38.5 Å². The lowest BCUT2D eigenvalue weighted by molar-refractivity contribution is 0.222. The zero-order valence-electron chi connectivity index (χ0n) is 10.8. The van der Waals surface area contributed by atoms with Crippen LogP contribution >= 0.6 is 15.9 Å². The average Bonchev–Trinajstić information content (AvgIpc) is 2.31. The van der Waals surface area contributed by atoms with Crippen LogP contribution in [0.3, 0.4) is 0 Å². The summed E-state index contributed by atoms with van der Waals surface area (Å²) in [6, 6.07) is 3.86. The van der Waals surface area contributed by atoms with Crippen molar-refractivity contribution in [2.75, 3.05) is 32.0 Å². The minimum atomic E-state index is 0.698. The largest absolute Gasteiger partial charge is 0.491 e. The Labute approximate surface area is 112 Å². The van der Waals surface area contributed by atoms with E-state index < -0.39 is 0 Å². The van der Waals surface area contributed by atoms with Crippen molar-refractivity contribution in [2.45, 2.75) is 20.8 Å². The van der Waals surface area contributed by atoms with Crippen LogP contribution in [0.1, 0.15) is 19.4 Å². The van der Waals surface area contributed by atoms with Gasteiger partial charge in [0.25, 0.3) is 0 Å². The number of ether oxygens (including phenoxy) is 1. The smallest absolute Gasteiger partial charge is 0.133 e. The fourth-order valence-electron chi connectivity index (χ4n) is 1.61. The Hall–Kier alpha value is -0.740. The standard InChI is InChI=1S/C13H21BrN2O/c1-4-16(5-2)6-7-17-13-8-10(3)12(15)9-11(13)14/h8-9H,4-7,15H2,1-3H3. The zero-order chi connectivity index (χ0) is 12.8. The third-order valence-corrected chi connectivity index (χ3v) is 3.50. The first-order valence-electron chi connectivity index (χ1n) is 5.99. The van der Waals surface area contributed by atoms with Gasteiger partial charge in [0, 0.05) is 12.2 Å². The van der Waals surface area contributed by atoms with Gasteiger partial charge in [0.05, 0.1) is 4.47 Å². The molecule has 0 radical (unpaired) electrons. The summed E-state index contributed by atoms with van der Waals surface area (Å²) in [6.45, 7) is 10.1. The van der Waals surface area contributed by atoms with E-state index >= 15 is 0 Å². The first-order chi connectivity index (χ1) is 8.08. The molecular weight excluding hydrogens is 280 g/mol. The lowest BCUT2D eigenvalue weighted by atomic mass is 10.2. The highest BCUT2D eigenvalue weighted by molar-refractivity contribution is 9.10. The summed E-state index contributed by atoms with van der Waals surface area (Å²) in [5.74, 6) is 0.865. The molecule has 0 fully saturated rings. The van der Waals surface area contributed by atoms with Crippen LogP contribution in [-0.2, 0) is 0 Å². The maximum atomic E-state index is 5.82. The molecule has 1 rings (SSSR count). The van der Waals surface area contributed by atoms with Gasteiger partial charge in [-0.25, -0.2) is 0 Å². The van der Waals surface area contributed by atoms with Gasteiger partial charge in [0.1, 0.15) is 12.4 Å². The summed E-state index contributed by atoms with van der Waals surface area (Å²) in [5, 5.41) is 0. The monoisotopic (exact) mass is 300 g/mol. The molecule has 0 amide bonds. The minimum absolute atomic E-state index is 0.698. The highest BCUT2D eigenvalue weighted by Crippen LogP contribution is 2.29. The van der Waals surface area contributed by atoms with Crippen molar-refractivity contribution in [2.24, 2.45) is 0 Å². The number of benzene rings is 1. The Morgan fingerprint density at radius 2 is 1.94 bits per heavy atom. The third kappa shape index (κ3) is 4.21. The minimum Gasteiger partial charge on any atom is -0.491 e. The number of nitrogen functional groups attached to an aromatic ring is 1. The van der Waals surface area contributed by atoms with Gasteiger partial charge in [-0.1, -0.05) is 13.8 Å². The van der Waals surface area contributed by atoms with Crippen molar-refractivity contribution in [3.05, 3.63) is 22.2 Å². The fraction of sp³-hybridized carbons (Fsp3) is 0.538. The predicted molar refractivity (Wildman–Crippen MR) is 76.6 cm³/mol. The number of hydrogen-bond acceptors (Lipinski definition) is 3. The molecule has 3 nitrogen and oxygen atoms in total. The highest BCUT2D eigenvalue weighted by atomic mass is 79.9. The van der Waals surface area contributed by atoms with Gasteiger partial charge in [0.15, 0.2) is 0 Å². The quantitative estimate of drug-likeness (QED) is 0.821. The van der Waals surface area contributed by atoms with Gasteiger partial charge in [-0.15, -0.1) is 0 Å². The number of rotatable bonds is 6. The van der Waals surface area contributed by atoms with E-state index in [1.54, 1.807) is 0 Å². The molecule has 1 aromatic carbocycles. The second kappa shape index (κ2) is 6.87. The van der Waals surface area contributed by atoms with E-state index in [1.165, 1.54) is 0 Å². The zero-order valence-corrected chi connectivity index (χ0v) is 12.4. The molecule has 0 aromatic heterocycles. The van der Waals surface area contributed by atoms with Crippen LogP contribution in [0.15, 0.2) is 16.6 Å². The van der Waals surface area contributed by atoms with Gasteiger partial charge in [-0.05, 0) is 53.6 Å². The summed E-state index contributed by atoms with van der Waals surface area (Å²) in [4.78, 5) is 2.33. The van der Waals surface area contributed by atoms with Gasteiger partial charge in [-0.3, -0.25) is 0 Å². The molecule has 0 atom stereocenters. The molecule has 2 N–H and O–H groups in total. The lowest BCUT2D eigenvalue weighted by Gasteiger charge is -2.18. The van der Waals surface area contributed by atoms with Crippen LogP contribution in [0.4, 0.5) is 5.69 Å². The predicted octanol–water partition coefficient (Wildman–Crippen LogP) is 3.06. The van der Waals surface area contributed by atoms with E-state index in [4.69, 9.17) is 10.5 Å². The molecule has 0 aliphatic carbocycles. The summed E-state index contributed by atoms with van der Waals surface area (Å²) in [6.07, 6.45) is 0. The Morgan fingerprint density at radius 3 is 2.53 bits per heavy atom. The van der Waals surface area contributed by atoms with Crippen molar-refractivity contribution in [3.8, 4) is 5.75 Å². The number of aryl methyl sites for hydroxylation is 1. The third-order valence-electron chi connectivity index (χ3n) is 2.88. The van der Waals surface area contributed by atoms with Crippen molar-refractivity contribution in [3.63, 3.8) is 0 Å². The summed E-state index contributed by atoms with van der Waals surface area (Å²) < 4.78 is 6.68. The SMILES string of the molecule is CCN(CC)CCOc1cc(C)c(N)cc1Br. The maximum Gasteiger partial charge on any atom is 0.133 e. The number of likely N-dealkylation sites (N-methyl/N-ethyl adjacent to an activating group) is 1. The van der Waals surface area contributed by atoms with Crippen molar-refractivity contribution in [1.82, 2.24) is 4.90 Å². The Balaban J connectivity index is 2.55.